The second-order valence-electron chi connectivity index (χ2n) is 5.14. The van der Waals surface area contributed by atoms with Gasteiger partial charge in [-0.3, -0.25) is 0 Å². The molecule has 0 heterocycles. The second kappa shape index (κ2) is 15.9. The van der Waals surface area contributed by atoms with Crippen molar-refractivity contribution in [1.29, 1.82) is 0 Å². The van der Waals surface area contributed by atoms with E-state index in [2.05, 4.69) is 4.90 Å². The maximum absolute atomic E-state index is 10.4. The van der Waals surface area contributed by atoms with Crippen LogP contribution in [0, 0.1) is 0 Å². The first kappa shape index (κ1) is 18.8. The quantitative estimate of drug-likeness (QED) is 0.422. The zero-order valence-electron chi connectivity index (χ0n) is 12.3. The van der Waals surface area contributed by atoms with Crippen molar-refractivity contribution in [3.05, 3.63) is 0 Å². The first-order chi connectivity index (χ1) is 9.35. The molecule has 4 heteroatoms. The Morgan fingerprint density at radius 3 is 1.00 bits per heavy atom. The first-order valence-corrected chi connectivity index (χ1v) is 7.81. The number of hydrogen-bond acceptors (Lipinski definition) is 1. The molecule has 0 bridgehead atoms. The minimum absolute atomic E-state index is 0.0347. The average Bonchev–Trinajstić information content (AvgIpc) is 2.43. The van der Waals surface area contributed by atoms with Gasteiger partial charge in [0.15, 0.2) is 0 Å². The zero-order chi connectivity index (χ0) is 14.2. The largest absolute Gasteiger partial charge is 0.303 e. The van der Waals surface area contributed by atoms with Crippen molar-refractivity contribution in [3.8, 4) is 0 Å². The fraction of sp³-hybridized carbons (Fsp3) is 1.00. The van der Waals surface area contributed by atoms with Crippen LogP contribution in [0.25, 0.3) is 0 Å². The SMILES string of the molecule is [O]CCCCCN(CCCCC[O])CCCCC[O]. The lowest BCUT2D eigenvalue weighted by Crippen LogP contribution is -2.27. The Kier molecular flexibility index (Phi) is 15.8. The second-order valence-corrected chi connectivity index (χ2v) is 5.14. The summed E-state index contributed by atoms with van der Waals surface area (Å²) in [6.07, 6.45) is 8.64. The van der Waals surface area contributed by atoms with E-state index in [1.54, 1.807) is 0 Å². The summed E-state index contributed by atoms with van der Waals surface area (Å²) >= 11 is 0. The van der Waals surface area contributed by atoms with Crippen molar-refractivity contribution in [2.24, 2.45) is 0 Å². The van der Waals surface area contributed by atoms with Crippen LogP contribution in [0.4, 0.5) is 0 Å². The van der Waals surface area contributed by atoms with E-state index in [0.29, 0.717) is 0 Å². The summed E-state index contributed by atoms with van der Waals surface area (Å²) in [5.41, 5.74) is 0. The van der Waals surface area contributed by atoms with Crippen molar-refractivity contribution in [3.63, 3.8) is 0 Å². The van der Waals surface area contributed by atoms with Crippen LogP contribution in [0.2, 0.25) is 0 Å². The van der Waals surface area contributed by atoms with Crippen LogP contribution < -0.4 is 0 Å². The standard InChI is InChI=1S/C15H30NO3/c17-13-7-1-4-10-16(11-5-2-8-14-18)12-6-3-9-15-19/h1-15H2. The molecule has 0 saturated heterocycles. The third-order valence-corrected chi connectivity index (χ3v) is 3.36. The highest BCUT2D eigenvalue weighted by molar-refractivity contribution is 4.59. The van der Waals surface area contributed by atoms with Crippen molar-refractivity contribution < 1.29 is 15.3 Å². The van der Waals surface area contributed by atoms with Gasteiger partial charge in [0.2, 0.25) is 0 Å². The molecule has 0 aliphatic heterocycles. The van der Waals surface area contributed by atoms with E-state index in [1.165, 1.54) is 0 Å². The molecule has 0 spiro atoms. The van der Waals surface area contributed by atoms with Gasteiger partial charge < -0.3 is 4.90 Å². The number of nitrogens with zero attached hydrogens (tertiary/aromatic N) is 1. The lowest BCUT2D eigenvalue weighted by molar-refractivity contribution is 0.175. The van der Waals surface area contributed by atoms with Crippen LogP contribution in [0.5, 0.6) is 0 Å². The van der Waals surface area contributed by atoms with Crippen LogP contribution in [-0.4, -0.2) is 44.4 Å². The number of rotatable bonds is 15. The molecule has 0 amide bonds. The summed E-state index contributed by atoms with van der Waals surface area (Å²) in [6, 6.07) is 0. The predicted octanol–water partition coefficient (Wildman–Crippen LogP) is 3.09. The summed E-state index contributed by atoms with van der Waals surface area (Å²) in [6.45, 7) is 3.26. The van der Waals surface area contributed by atoms with Crippen LogP contribution in [0.1, 0.15) is 57.8 Å². The van der Waals surface area contributed by atoms with Gasteiger partial charge in [0.25, 0.3) is 0 Å². The van der Waals surface area contributed by atoms with Crippen molar-refractivity contribution >= 4 is 0 Å². The number of unbranched alkanes of at least 4 members (excludes halogenated alkanes) is 6. The van der Waals surface area contributed by atoms with Crippen LogP contribution in [0.3, 0.4) is 0 Å². The first-order valence-electron chi connectivity index (χ1n) is 7.81. The van der Waals surface area contributed by atoms with E-state index in [1.807, 2.05) is 0 Å². The highest BCUT2D eigenvalue weighted by Crippen LogP contribution is 2.05. The van der Waals surface area contributed by atoms with Gasteiger partial charge in [-0.1, -0.05) is 0 Å². The third-order valence-electron chi connectivity index (χ3n) is 3.36. The fourth-order valence-corrected chi connectivity index (χ4v) is 2.18. The maximum Gasteiger partial charge on any atom is 0.0822 e. The summed E-state index contributed by atoms with van der Waals surface area (Å²) < 4.78 is 0. The Hall–Kier alpha value is -0.160. The average molecular weight is 272 g/mol. The van der Waals surface area contributed by atoms with Crippen LogP contribution in [-0.2, 0) is 15.3 Å². The lowest BCUT2D eigenvalue weighted by Gasteiger charge is -2.22. The van der Waals surface area contributed by atoms with Gasteiger partial charge in [-0.2, -0.15) is 0 Å². The van der Waals surface area contributed by atoms with E-state index < -0.39 is 0 Å². The smallest absolute Gasteiger partial charge is 0.0822 e. The van der Waals surface area contributed by atoms with E-state index in [0.717, 1.165) is 77.4 Å². The van der Waals surface area contributed by atoms with Gasteiger partial charge in [0.1, 0.15) is 0 Å². The third kappa shape index (κ3) is 14.1. The van der Waals surface area contributed by atoms with Crippen LogP contribution >= 0.6 is 0 Å². The molecule has 113 valence electrons. The lowest BCUT2D eigenvalue weighted by atomic mass is 10.2. The number of hydrogen-bond donors (Lipinski definition) is 0. The van der Waals surface area contributed by atoms with Crippen molar-refractivity contribution in [1.82, 2.24) is 4.90 Å². The monoisotopic (exact) mass is 272 g/mol. The Morgan fingerprint density at radius 1 is 0.421 bits per heavy atom. The summed E-state index contributed by atoms with van der Waals surface area (Å²) in [5.74, 6) is 0. The molecule has 3 radical (unpaired) electrons. The Morgan fingerprint density at radius 2 is 0.737 bits per heavy atom. The molecule has 0 aliphatic rings. The molecular formula is C15H30NO3. The van der Waals surface area contributed by atoms with E-state index in [4.69, 9.17) is 0 Å². The van der Waals surface area contributed by atoms with Crippen molar-refractivity contribution in [2.75, 3.05) is 39.5 Å². The molecule has 0 saturated carbocycles. The van der Waals surface area contributed by atoms with E-state index in [9.17, 15) is 15.3 Å². The maximum atomic E-state index is 10.4. The minimum atomic E-state index is 0.0347. The molecule has 0 aliphatic carbocycles. The van der Waals surface area contributed by atoms with Crippen molar-refractivity contribution in [2.45, 2.75) is 57.8 Å². The van der Waals surface area contributed by atoms with Gasteiger partial charge >= 0.3 is 0 Å². The topological polar surface area (TPSA) is 62.9 Å². The molecule has 4 nitrogen and oxygen atoms in total. The Bertz CT molecular complexity index is 139. The predicted molar refractivity (Wildman–Crippen MR) is 74.7 cm³/mol. The van der Waals surface area contributed by atoms with Crippen LogP contribution in [0.15, 0.2) is 0 Å². The van der Waals surface area contributed by atoms with Gasteiger partial charge in [-0.25, -0.2) is 15.3 Å². The zero-order valence-corrected chi connectivity index (χ0v) is 12.3. The molecule has 19 heavy (non-hydrogen) atoms. The Labute approximate surface area is 118 Å². The summed E-state index contributed by atoms with van der Waals surface area (Å²) in [4.78, 5) is 2.43. The molecule has 0 aromatic rings. The summed E-state index contributed by atoms with van der Waals surface area (Å²) in [7, 11) is 0. The van der Waals surface area contributed by atoms with Gasteiger partial charge in [-0.15, -0.1) is 0 Å². The van der Waals surface area contributed by atoms with E-state index >= 15 is 0 Å². The minimum Gasteiger partial charge on any atom is -0.303 e. The highest BCUT2D eigenvalue weighted by atomic mass is 16.3. The molecule has 0 atom stereocenters. The van der Waals surface area contributed by atoms with E-state index in [-0.39, 0.29) is 19.8 Å². The Balaban J connectivity index is 3.66. The van der Waals surface area contributed by atoms with Gasteiger partial charge in [0.05, 0.1) is 19.8 Å². The van der Waals surface area contributed by atoms with Gasteiger partial charge in [0, 0.05) is 0 Å². The molecule has 0 aromatic carbocycles. The molecule has 0 N–H and O–H groups in total. The normalized spacial score (nSPS) is 11.4. The molecule has 0 aromatic heterocycles. The highest BCUT2D eigenvalue weighted by Gasteiger charge is 2.04. The fourth-order valence-electron chi connectivity index (χ4n) is 2.18. The van der Waals surface area contributed by atoms with Gasteiger partial charge in [-0.05, 0) is 77.4 Å². The summed E-state index contributed by atoms with van der Waals surface area (Å²) in [5, 5.41) is 31.2. The molecule has 0 unspecified atom stereocenters. The molecule has 0 rings (SSSR count). The molecule has 0 fully saturated rings. The molecular weight excluding hydrogens is 242 g/mol.